The minimum absolute atomic E-state index is 0.430. The van der Waals surface area contributed by atoms with Crippen molar-refractivity contribution in [1.82, 2.24) is 0 Å². The van der Waals surface area contributed by atoms with E-state index in [1.807, 2.05) is 23.5 Å². The molecule has 1 aromatic carbocycles. The molecule has 1 heterocycles. The number of hydrogen-bond acceptors (Lipinski definition) is 4. The number of hydrogen-bond donors (Lipinski definition) is 1. The lowest BCUT2D eigenvalue weighted by Crippen LogP contribution is -2.11. The Bertz CT molecular complexity index is 552. The molecule has 0 radical (unpaired) electrons. The zero-order valence-corrected chi connectivity index (χ0v) is 13.1. The summed E-state index contributed by atoms with van der Waals surface area (Å²) in [5.41, 5.74) is 1.12. The zero-order valence-electron chi connectivity index (χ0n) is 12.2. The summed E-state index contributed by atoms with van der Waals surface area (Å²) < 4.78 is 10.7. The van der Waals surface area contributed by atoms with Crippen molar-refractivity contribution in [3.8, 4) is 5.75 Å². The lowest BCUT2D eigenvalue weighted by atomic mass is 10.1. The van der Waals surface area contributed by atoms with E-state index in [-0.39, 0.29) is 0 Å². The predicted octanol–water partition coefficient (Wildman–Crippen LogP) is 4.34. The minimum Gasteiger partial charge on any atom is -0.491 e. The number of thiophene rings is 1. The van der Waals surface area contributed by atoms with Crippen molar-refractivity contribution in [2.75, 3.05) is 25.6 Å². The third-order valence-electron chi connectivity index (χ3n) is 3.66. The number of anilines is 1. The normalized spacial score (nSPS) is 15.7. The molecule has 1 N–H and O–H groups in total. The van der Waals surface area contributed by atoms with Crippen LogP contribution in [0.4, 0.5) is 5.69 Å². The van der Waals surface area contributed by atoms with E-state index < -0.39 is 0 Å². The summed E-state index contributed by atoms with van der Waals surface area (Å²) in [6, 6.07) is 13.0. The fourth-order valence-corrected chi connectivity index (χ4v) is 3.29. The average molecular weight is 303 g/mol. The fraction of sp³-hybridized carbons (Fsp3) is 0.412. The summed E-state index contributed by atoms with van der Waals surface area (Å²) in [5.74, 6) is 1.65. The molecule has 1 aliphatic carbocycles. The Balaban J connectivity index is 1.67. The summed E-state index contributed by atoms with van der Waals surface area (Å²) >= 11 is 1.83. The topological polar surface area (TPSA) is 30.5 Å². The van der Waals surface area contributed by atoms with Gasteiger partial charge in [0.05, 0.1) is 12.6 Å². The fourth-order valence-electron chi connectivity index (χ4n) is 2.42. The SMILES string of the molecule is COCCOc1cccc(NC(c2cccs2)C2CC2)c1. The van der Waals surface area contributed by atoms with Crippen LogP contribution >= 0.6 is 11.3 Å². The van der Waals surface area contributed by atoms with Gasteiger partial charge in [0.25, 0.3) is 0 Å². The number of rotatable bonds is 8. The molecular formula is C17H21NO2S. The molecule has 1 aliphatic rings. The highest BCUT2D eigenvalue weighted by atomic mass is 32.1. The molecule has 21 heavy (non-hydrogen) atoms. The van der Waals surface area contributed by atoms with Crippen LogP contribution < -0.4 is 10.1 Å². The summed E-state index contributed by atoms with van der Waals surface area (Å²) in [4.78, 5) is 1.42. The van der Waals surface area contributed by atoms with Gasteiger partial charge in [-0.1, -0.05) is 12.1 Å². The summed E-state index contributed by atoms with van der Waals surface area (Å²) in [6.07, 6.45) is 2.64. The molecule has 112 valence electrons. The van der Waals surface area contributed by atoms with E-state index >= 15 is 0 Å². The highest BCUT2D eigenvalue weighted by Crippen LogP contribution is 2.44. The second-order valence-corrected chi connectivity index (χ2v) is 6.32. The summed E-state index contributed by atoms with van der Waals surface area (Å²) in [5, 5.41) is 5.82. The molecule has 0 aliphatic heterocycles. The van der Waals surface area contributed by atoms with E-state index in [2.05, 4.69) is 35.0 Å². The molecule has 2 aromatic rings. The molecule has 1 aromatic heterocycles. The molecule has 1 saturated carbocycles. The molecule has 3 nitrogen and oxygen atoms in total. The van der Waals surface area contributed by atoms with Crippen LogP contribution in [0.5, 0.6) is 5.75 Å². The summed E-state index contributed by atoms with van der Waals surface area (Å²) in [7, 11) is 1.68. The maximum atomic E-state index is 5.67. The van der Waals surface area contributed by atoms with Crippen LogP contribution in [0.1, 0.15) is 23.8 Å². The predicted molar refractivity (Wildman–Crippen MR) is 87.2 cm³/mol. The Labute approximate surface area is 129 Å². The molecule has 0 amide bonds. The van der Waals surface area contributed by atoms with Gasteiger partial charge in [-0.15, -0.1) is 11.3 Å². The lowest BCUT2D eigenvalue weighted by molar-refractivity contribution is 0.146. The van der Waals surface area contributed by atoms with Crippen LogP contribution in [0.2, 0.25) is 0 Å². The molecule has 0 bridgehead atoms. The molecule has 0 spiro atoms. The lowest BCUT2D eigenvalue weighted by Gasteiger charge is -2.19. The summed E-state index contributed by atoms with van der Waals surface area (Å²) in [6.45, 7) is 1.19. The van der Waals surface area contributed by atoms with Gasteiger partial charge in [0.1, 0.15) is 12.4 Å². The average Bonchev–Trinajstić information content (AvgIpc) is 3.20. The first kappa shape index (κ1) is 14.4. The van der Waals surface area contributed by atoms with Gasteiger partial charge in [-0.05, 0) is 42.3 Å². The highest BCUT2D eigenvalue weighted by Gasteiger charge is 2.32. The van der Waals surface area contributed by atoms with Crippen molar-refractivity contribution >= 4 is 17.0 Å². The van der Waals surface area contributed by atoms with Crippen LogP contribution in [0.3, 0.4) is 0 Å². The molecule has 1 fully saturated rings. The van der Waals surface area contributed by atoms with Crippen molar-refractivity contribution in [2.45, 2.75) is 18.9 Å². The number of methoxy groups -OCH3 is 1. The van der Waals surface area contributed by atoms with Crippen LogP contribution in [0.15, 0.2) is 41.8 Å². The van der Waals surface area contributed by atoms with E-state index in [9.17, 15) is 0 Å². The maximum Gasteiger partial charge on any atom is 0.121 e. The van der Waals surface area contributed by atoms with Crippen molar-refractivity contribution in [1.29, 1.82) is 0 Å². The van der Waals surface area contributed by atoms with Crippen LogP contribution in [-0.2, 0) is 4.74 Å². The Morgan fingerprint density at radius 3 is 2.86 bits per heavy atom. The van der Waals surface area contributed by atoms with Crippen LogP contribution in [0.25, 0.3) is 0 Å². The van der Waals surface area contributed by atoms with Gasteiger partial charge in [-0.2, -0.15) is 0 Å². The third-order valence-corrected chi connectivity index (χ3v) is 4.61. The van der Waals surface area contributed by atoms with Gasteiger partial charge in [-0.3, -0.25) is 0 Å². The van der Waals surface area contributed by atoms with Gasteiger partial charge in [0.15, 0.2) is 0 Å². The molecular weight excluding hydrogens is 282 g/mol. The highest BCUT2D eigenvalue weighted by molar-refractivity contribution is 7.10. The standard InChI is InChI=1S/C17H21NO2S/c1-19-9-10-20-15-5-2-4-14(12-15)18-17(13-7-8-13)16-6-3-11-21-16/h2-6,11-13,17-18H,7-10H2,1H3. The molecule has 4 heteroatoms. The Hall–Kier alpha value is -1.52. The first-order valence-corrected chi connectivity index (χ1v) is 8.26. The van der Waals surface area contributed by atoms with Gasteiger partial charge < -0.3 is 14.8 Å². The van der Waals surface area contributed by atoms with E-state index in [0.717, 1.165) is 17.4 Å². The second kappa shape index (κ2) is 6.96. The van der Waals surface area contributed by atoms with Gasteiger partial charge in [-0.25, -0.2) is 0 Å². The molecule has 3 rings (SSSR count). The molecule has 1 atom stereocenters. The Kier molecular flexibility index (Phi) is 4.78. The van der Waals surface area contributed by atoms with Crippen molar-refractivity contribution in [2.24, 2.45) is 5.92 Å². The van der Waals surface area contributed by atoms with Gasteiger partial charge >= 0.3 is 0 Å². The number of ether oxygens (including phenoxy) is 2. The zero-order chi connectivity index (χ0) is 14.5. The van der Waals surface area contributed by atoms with Gasteiger partial charge in [0, 0.05) is 23.7 Å². The first-order chi connectivity index (χ1) is 10.4. The van der Waals surface area contributed by atoms with Gasteiger partial charge in [0.2, 0.25) is 0 Å². The Morgan fingerprint density at radius 2 is 2.14 bits per heavy atom. The van der Waals surface area contributed by atoms with Crippen LogP contribution in [-0.4, -0.2) is 20.3 Å². The van der Waals surface area contributed by atoms with E-state index in [1.165, 1.54) is 17.7 Å². The van der Waals surface area contributed by atoms with Crippen molar-refractivity contribution < 1.29 is 9.47 Å². The Morgan fingerprint density at radius 1 is 1.24 bits per heavy atom. The third kappa shape index (κ3) is 3.99. The smallest absolute Gasteiger partial charge is 0.121 e. The quantitative estimate of drug-likeness (QED) is 0.736. The largest absolute Gasteiger partial charge is 0.491 e. The van der Waals surface area contributed by atoms with Crippen LogP contribution in [0, 0.1) is 5.92 Å². The van der Waals surface area contributed by atoms with E-state index in [0.29, 0.717) is 19.3 Å². The first-order valence-electron chi connectivity index (χ1n) is 7.38. The molecule has 0 saturated heterocycles. The van der Waals surface area contributed by atoms with E-state index in [1.54, 1.807) is 7.11 Å². The molecule has 1 unspecified atom stereocenters. The number of nitrogens with one attached hydrogen (secondary N) is 1. The minimum atomic E-state index is 0.430. The monoisotopic (exact) mass is 303 g/mol. The number of benzene rings is 1. The van der Waals surface area contributed by atoms with Crippen molar-refractivity contribution in [3.63, 3.8) is 0 Å². The van der Waals surface area contributed by atoms with E-state index in [4.69, 9.17) is 9.47 Å². The maximum absolute atomic E-state index is 5.67. The second-order valence-electron chi connectivity index (χ2n) is 5.34. The van der Waals surface area contributed by atoms with Crippen molar-refractivity contribution in [3.05, 3.63) is 46.7 Å².